The third-order valence-corrected chi connectivity index (χ3v) is 4.39. The van der Waals surface area contributed by atoms with Crippen LogP contribution < -0.4 is 0 Å². The van der Waals surface area contributed by atoms with Crippen molar-refractivity contribution in [2.24, 2.45) is 29.6 Å². The second kappa shape index (κ2) is 6.42. The van der Waals surface area contributed by atoms with E-state index in [2.05, 4.69) is 27.7 Å². The van der Waals surface area contributed by atoms with Crippen molar-refractivity contribution in [2.75, 3.05) is 0 Å². The monoisotopic (exact) mass is 240 g/mol. The summed E-state index contributed by atoms with van der Waals surface area (Å²) in [6.45, 7) is 9.06. The van der Waals surface area contributed by atoms with Crippen LogP contribution in [-0.2, 0) is 4.79 Å². The van der Waals surface area contributed by atoms with Crippen LogP contribution in [0.3, 0.4) is 0 Å². The predicted molar refractivity (Wildman–Crippen MR) is 70.9 cm³/mol. The number of carboxylic acids is 1. The van der Waals surface area contributed by atoms with E-state index in [-0.39, 0.29) is 0 Å². The maximum absolute atomic E-state index is 10.7. The molecule has 0 spiro atoms. The lowest BCUT2D eigenvalue weighted by atomic mass is 9.67. The van der Waals surface area contributed by atoms with Crippen LogP contribution in [0, 0.1) is 29.6 Å². The van der Waals surface area contributed by atoms with Crippen LogP contribution in [0.25, 0.3) is 0 Å². The van der Waals surface area contributed by atoms with Gasteiger partial charge in [-0.1, -0.05) is 34.1 Å². The lowest BCUT2D eigenvalue weighted by Gasteiger charge is -2.38. The third kappa shape index (κ3) is 4.69. The summed E-state index contributed by atoms with van der Waals surface area (Å²) in [5.41, 5.74) is 0. The van der Waals surface area contributed by atoms with E-state index in [4.69, 9.17) is 5.11 Å². The molecule has 0 saturated heterocycles. The fourth-order valence-corrected chi connectivity index (χ4v) is 3.57. The zero-order valence-electron chi connectivity index (χ0n) is 11.8. The highest BCUT2D eigenvalue weighted by Gasteiger charge is 2.31. The number of carbonyl (C=O) groups is 1. The molecule has 0 aromatic carbocycles. The van der Waals surface area contributed by atoms with Gasteiger partial charge in [0.25, 0.3) is 0 Å². The summed E-state index contributed by atoms with van der Waals surface area (Å²) in [5, 5.41) is 8.84. The number of aliphatic carboxylic acids is 1. The lowest BCUT2D eigenvalue weighted by Crippen LogP contribution is -2.29. The van der Waals surface area contributed by atoms with Crippen molar-refractivity contribution in [3.8, 4) is 0 Å². The molecule has 100 valence electrons. The molecule has 2 heteroatoms. The highest BCUT2D eigenvalue weighted by Crippen LogP contribution is 2.41. The minimum Gasteiger partial charge on any atom is -0.481 e. The average molecular weight is 240 g/mol. The van der Waals surface area contributed by atoms with E-state index >= 15 is 0 Å². The molecule has 0 aromatic heterocycles. The molecule has 1 aliphatic carbocycles. The molecular weight excluding hydrogens is 212 g/mol. The van der Waals surface area contributed by atoms with Gasteiger partial charge in [0.1, 0.15) is 0 Å². The third-order valence-electron chi connectivity index (χ3n) is 4.39. The van der Waals surface area contributed by atoms with Gasteiger partial charge in [0.15, 0.2) is 0 Å². The van der Waals surface area contributed by atoms with Crippen LogP contribution >= 0.6 is 0 Å². The molecule has 0 aliphatic heterocycles. The van der Waals surface area contributed by atoms with Crippen molar-refractivity contribution >= 4 is 5.97 Å². The predicted octanol–water partition coefficient (Wildman–Crippen LogP) is 4.20. The van der Waals surface area contributed by atoms with Gasteiger partial charge in [-0.15, -0.1) is 0 Å². The molecule has 0 radical (unpaired) electrons. The van der Waals surface area contributed by atoms with E-state index in [1.165, 1.54) is 19.3 Å². The zero-order valence-corrected chi connectivity index (χ0v) is 11.8. The molecule has 17 heavy (non-hydrogen) atoms. The molecule has 1 rings (SSSR count). The van der Waals surface area contributed by atoms with Gasteiger partial charge in [0.2, 0.25) is 0 Å². The Morgan fingerprint density at radius 3 is 2.47 bits per heavy atom. The maximum Gasteiger partial charge on any atom is 0.303 e. The molecule has 1 fully saturated rings. The maximum atomic E-state index is 10.7. The fraction of sp³-hybridized carbons (Fsp3) is 0.933. The summed E-state index contributed by atoms with van der Waals surface area (Å²) in [7, 11) is 0. The summed E-state index contributed by atoms with van der Waals surface area (Å²) in [6.07, 6.45) is 5.41. The van der Waals surface area contributed by atoms with Gasteiger partial charge in [-0.2, -0.15) is 0 Å². The highest BCUT2D eigenvalue weighted by molar-refractivity contribution is 5.66. The molecule has 1 aliphatic rings. The first-order chi connectivity index (χ1) is 7.90. The van der Waals surface area contributed by atoms with Crippen LogP contribution in [0.2, 0.25) is 0 Å². The molecule has 1 saturated carbocycles. The Balaban J connectivity index is 2.54. The van der Waals surface area contributed by atoms with E-state index < -0.39 is 5.97 Å². The minimum absolute atomic E-state index is 0.323. The number of hydrogen-bond donors (Lipinski definition) is 1. The van der Waals surface area contributed by atoms with Crippen LogP contribution in [0.4, 0.5) is 0 Å². The SMILES string of the molecule is CC1CCC(C(C)C)C(CC(C)CC(=O)O)C1. The van der Waals surface area contributed by atoms with Crippen LogP contribution in [-0.4, -0.2) is 11.1 Å². The lowest BCUT2D eigenvalue weighted by molar-refractivity contribution is -0.138. The van der Waals surface area contributed by atoms with Crippen molar-refractivity contribution in [3.05, 3.63) is 0 Å². The normalized spacial score (nSPS) is 31.5. The minimum atomic E-state index is -0.651. The van der Waals surface area contributed by atoms with Crippen molar-refractivity contribution < 1.29 is 9.90 Å². The quantitative estimate of drug-likeness (QED) is 0.782. The largest absolute Gasteiger partial charge is 0.481 e. The topological polar surface area (TPSA) is 37.3 Å². The van der Waals surface area contributed by atoms with Crippen molar-refractivity contribution in [1.29, 1.82) is 0 Å². The second-order valence-corrected chi connectivity index (χ2v) is 6.52. The Kier molecular flexibility index (Phi) is 5.48. The second-order valence-electron chi connectivity index (χ2n) is 6.52. The smallest absolute Gasteiger partial charge is 0.303 e. The number of carboxylic acid groups (broad SMARTS) is 1. The van der Waals surface area contributed by atoms with E-state index in [1.54, 1.807) is 0 Å². The molecule has 4 unspecified atom stereocenters. The summed E-state index contributed by atoms with van der Waals surface area (Å²) in [6, 6.07) is 0. The fourth-order valence-electron chi connectivity index (χ4n) is 3.57. The molecule has 4 atom stereocenters. The van der Waals surface area contributed by atoms with Gasteiger partial charge in [-0.05, 0) is 48.9 Å². The van der Waals surface area contributed by atoms with E-state index in [9.17, 15) is 4.79 Å². The first-order valence-electron chi connectivity index (χ1n) is 7.12. The van der Waals surface area contributed by atoms with Crippen LogP contribution in [0.15, 0.2) is 0 Å². The van der Waals surface area contributed by atoms with E-state index in [1.807, 2.05) is 0 Å². The average Bonchev–Trinajstić information content (AvgIpc) is 2.15. The summed E-state index contributed by atoms with van der Waals surface area (Å²) in [5.74, 6) is 2.79. The molecule has 0 heterocycles. The first-order valence-corrected chi connectivity index (χ1v) is 7.12. The summed E-state index contributed by atoms with van der Waals surface area (Å²) < 4.78 is 0. The standard InChI is InChI=1S/C15H28O2/c1-10(2)14-6-5-11(3)7-13(14)8-12(4)9-15(16)17/h10-14H,5-9H2,1-4H3,(H,16,17). The summed E-state index contributed by atoms with van der Waals surface area (Å²) in [4.78, 5) is 10.7. The Morgan fingerprint density at radius 1 is 1.29 bits per heavy atom. The van der Waals surface area contributed by atoms with Gasteiger partial charge in [-0.25, -0.2) is 0 Å². The summed E-state index contributed by atoms with van der Waals surface area (Å²) >= 11 is 0. The van der Waals surface area contributed by atoms with E-state index in [0.717, 1.165) is 30.1 Å². The molecule has 0 aromatic rings. The Morgan fingerprint density at radius 2 is 1.94 bits per heavy atom. The Labute approximate surface area is 106 Å². The zero-order chi connectivity index (χ0) is 13.0. The number of hydrogen-bond acceptors (Lipinski definition) is 1. The van der Waals surface area contributed by atoms with Gasteiger partial charge >= 0.3 is 5.97 Å². The van der Waals surface area contributed by atoms with Crippen molar-refractivity contribution in [1.82, 2.24) is 0 Å². The van der Waals surface area contributed by atoms with Crippen molar-refractivity contribution in [3.63, 3.8) is 0 Å². The van der Waals surface area contributed by atoms with Gasteiger partial charge in [-0.3, -0.25) is 4.79 Å². The van der Waals surface area contributed by atoms with Crippen LogP contribution in [0.1, 0.15) is 59.8 Å². The number of rotatable bonds is 5. The molecule has 0 bridgehead atoms. The van der Waals surface area contributed by atoms with Gasteiger partial charge < -0.3 is 5.11 Å². The molecular formula is C15H28O2. The Bertz CT molecular complexity index is 247. The molecule has 2 nitrogen and oxygen atoms in total. The van der Waals surface area contributed by atoms with Crippen molar-refractivity contribution in [2.45, 2.75) is 59.8 Å². The highest BCUT2D eigenvalue weighted by atomic mass is 16.4. The Hall–Kier alpha value is -0.530. The van der Waals surface area contributed by atoms with Gasteiger partial charge in [0, 0.05) is 6.42 Å². The molecule has 1 N–H and O–H groups in total. The molecule has 0 amide bonds. The van der Waals surface area contributed by atoms with Crippen LogP contribution in [0.5, 0.6) is 0 Å². The van der Waals surface area contributed by atoms with Gasteiger partial charge in [0.05, 0.1) is 0 Å². The van der Waals surface area contributed by atoms with E-state index in [0.29, 0.717) is 12.3 Å². The first kappa shape index (κ1) is 14.5.